The van der Waals surface area contributed by atoms with E-state index in [1.807, 2.05) is 11.8 Å². The molecule has 0 rings (SSSR count). The summed E-state index contributed by atoms with van der Waals surface area (Å²) in [6, 6.07) is 0.421. The number of rotatable bonds is 7. The van der Waals surface area contributed by atoms with Crippen molar-refractivity contribution in [1.29, 1.82) is 0 Å². The van der Waals surface area contributed by atoms with E-state index in [0.717, 1.165) is 5.75 Å². The van der Waals surface area contributed by atoms with Gasteiger partial charge in [0.1, 0.15) is 0 Å². The summed E-state index contributed by atoms with van der Waals surface area (Å²) in [6.45, 7) is 10.9. The first kappa shape index (κ1) is 14.3. The zero-order chi connectivity index (χ0) is 11.2. The van der Waals surface area contributed by atoms with E-state index < -0.39 is 0 Å². The highest BCUT2D eigenvalue weighted by Gasteiger charge is 2.24. The van der Waals surface area contributed by atoms with Gasteiger partial charge in [-0.2, -0.15) is 11.8 Å². The predicted molar refractivity (Wildman–Crippen MR) is 66.0 cm³/mol. The molecule has 86 valence electrons. The van der Waals surface area contributed by atoms with Crippen LogP contribution < -0.4 is 5.32 Å². The zero-order valence-electron chi connectivity index (χ0n) is 10.1. The third kappa shape index (κ3) is 5.89. The second-order valence-corrected chi connectivity index (χ2v) is 5.97. The molecule has 0 aromatic heterocycles. The minimum atomic E-state index is -0.137. The first-order chi connectivity index (χ1) is 6.43. The fourth-order valence-electron chi connectivity index (χ4n) is 1.27. The van der Waals surface area contributed by atoms with Crippen molar-refractivity contribution in [3.8, 4) is 0 Å². The molecule has 0 aliphatic heterocycles. The minimum Gasteiger partial charge on any atom is -0.394 e. The summed E-state index contributed by atoms with van der Waals surface area (Å²) in [5.41, 5.74) is -0.137. The lowest BCUT2D eigenvalue weighted by atomic mass is 10.1. The summed E-state index contributed by atoms with van der Waals surface area (Å²) in [5.74, 6) is 0.969. The fourth-order valence-corrected chi connectivity index (χ4v) is 2.34. The predicted octanol–water partition coefficient (Wildman–Crippen LogP) is 2.27. The first-order valence-electron chi connectivity index (χ1n) is 5.43. The Balaban J connectivity index is 3.98. The van der Waals surface area contributed by atoms with Crippen molar-refractivity contribution in [3.63, 3.8) is 0 Å². The third-order valence-electron chi connectivity index (χ3n) is 2.25. The SMILES string of the molecule is CCC(C)SCC(C)(CO)NC(C)C. The smallest absolute Gasteiger partial charge is 0.0618 e. The van der Waals surface area contributed by atoms with Crippen LogP contribution in [0.25, 0.3) is 0 Å². The summed E-state index contributed by atoms with van der Waals surface area (Å²) in [4.78, 5) is 0. The number of nitrogens with one attached hydrogen (secondary N) is 1. The normalized spacial score (nSPS) is 18.2. The Hall–Kier alpha value is 0.270. The lowest BCUT2D eigenvalue weighted by Crippen LogP contribution is -2.51. The van der Waals surface area contributed by atoms with Gasteiger partial charge in [0.05, 0.1) is 6.61 Å². The van der Waals surface area contributed by atoms with Gasteiger partial charge in [0.2, 0.25) is 0 Å². The van der Waals surface area contributed by atoms with Crippen molar-refractivity contribution in [2.75, 3.05) is 12.4 Å². The standard InChI is InChI=1S/C11H25NOS/c1-6-10(4)14-8-11(5,7-13)12-9(2)3/h9-10,12-13H,6-8H2,1-5H3. The second-order valence-electron chi connectivity index (χ2n) is 4.55. The minimum absolute atomic E-state index is 0.137. The summed E-state index contributed by atoms with van der Waals surface area (Å²) < 4.78 is 0. The molecule has 2 atom stereocenters. The molecule has 14 heavy (non-hydrogen) atoms. The van der Waals surface area contributed by atoms with Crippen molar-refractivity contribution < 1.29 is 5.11 Å². The molecular weight excluding hydrogens is 194 g/mol. The highest BCUT2D eigenvalue weighted by molar-refractivity contribution is 7.99. The van der Waals surface area contributed by atoms with E-state index in [1.165, 1.54) is 6.42 Å². The van der Waals surface area contributed by atoms with E-state index >= 15 is 0 Å². The molecule has 0 bridgehead atoms. The monoisotopic (exact) mass is 219 g/mol. The average Bonchev–Trinajstić information content (AvgIpc) is 2.13. The molecule has 0 fully saturated rings. The van der Waals surface area contributed by atoms with Crippen LogP contribution in [0.2, 0.25) is 0 Å². The van der Waals surface area contributed by atoms with Gasteiger partial charge in [-0.15, -0.1) is 0 Å². The zero-order valence-corrected chi connectivity index (χ0v) is 10.9. The summed E-state index contributed by atoms with van der Waals surface area (Å²) in [7, 11) is 0. The van der Waals surface area contributed by atoms with Crippen LogP contribution in [0.5, 0.6) is 0 Å². The Morgan fingerprint density at radius 1 is 1.36 bits per heavy atom. The molecule has 0 saturated heterocycles. The van der Waals surface area contributed by atoms with Gasteiger partial charge >= 0.3 is 0 Å². The summed E-state index contributed by atoms with van der Waals surface area (Å²) in [5, 5.41) is 13.4. The molecule has 0 aliphatic rings. The van der Waals surface area contributed by atoms with Crippen LogP contribution >= 0.6 is 11.8 Å². The Kier molecular flexibility index (Phi) is 6.83. The number of hydrogen-bond donors (Lipinski definition) is 2. The van der Waals surface area contributed by atoms with Crippen molar-refractivity contribution in [2.24, 2.45) is 0 Å². The highest BCUT2D eigenvalue weighted by atomic mass is 32.2. The van der Waals surface area contributed by atoms with Crippen LogP contribution in [0.1, 0.15) is 41.0 Å². The van der Waals surface area contributed by atoms with Gasteiger partial charge in [0, 0.05) is 22.6 Å². The van der Waals surface area contributed by atoms with Crippen LogP contribution in [-0.2, 0) is 0 Å². The van der Waals surface area contributed by atoms with Crippen LogP contribution in [0, 0.1) is 0 Å². The average molecular weight is 219 g/mol. The maximum atomic E-state index is 9.34. The van der Waals surface area contributed by atoms with E-state index in [0.29, 0.717) is 11.3 Å². The summed E-state index contributed by atoms with van der Waals surface area (Å²) >= 11 is 1.93. The van der Waals surface area contributed by atoms with Crippen molar-refractivity contribution in [1.82, 2.24) is 5.32 Å². The number of hydrogen-bond acceptors (Lipinski definition) is 3. The number of thioether (sulfide) groups is 1. The molecule has 0 saturated carbocycles. The molecule has 0 amide bonds. The van der Waals surface area contributed by atoms with Crippen LogP contribution in [0.4, 0.5) is 0 Å². The number of aliphatic hydroxyl groups is 1. The lowest BCUT2D eigenvalue weighted by molar-refractivity contribution is 0.183. The molecule has 0 radical (unpaired) electrons. The van der Waals surface area contributed by atoms with Gasteiger partial charge in [-0.05, 0) is 13.3 Å². The summed E-state index contributed by atoms with van der Waals surface area (Å²) in [6.07, 6.45) is 1.19. The highest BCUT2D eigenvalue weighted by Crippen LogP contribution is 2.20. The molecular formula is C11H25NOS. The van der Waals surface area contributed by atoms with Crippen LogP contribution in [0.15, 0.2) is 0 Å². The molecule has 0 aromatic carbocycles. The quantitative estimate of drug-likeness (QED) is 0.689. The molecule has 0 aromatic rings. The van der Waals surface area contributed by atoms with E-state index in [-0.39, 0.29) is 12.1 Å². The van der Waals surface area contributed by atoms with Gasteiger partial charge in [-0.1, -0.05) is 27.7 Å². The van der Waals surface area contributed by atoms with Crippen molar-refractivity contribution in [2.45, 2.75) is 57.9 Å². The molecule has 0 spiro atoms. The molecule has 2 nitrogen and oxygen atoms in total. The maximum Gasteiger partial charge on any atom is 0.0618 e. The molecule has 0 aliphatic carbocycles. The Labute approximate surface area is 92.9 Å². The van der Waals surface area contributed by atoms with E-state index in [1.54, 1.807) is 0 Å². The van der Waals surface area contributed by atoms with Gasteiger partial charge in [0.15, 0.2) is 0 Å². The van der Waals surface area contributed by atoms with E-state index in [4.69, 9.17) is 0 Å². The Morgan fingerprint density at radius 3 is 2.29 bits per heavy atom. The lowest BCUT2D eigenvalue weighted by Gasteiger charge is -2.31. The van der Waals surface area contributed by atoms with E-state index in [2.05, 4.69) is 39.9 Å². The molecule has 0 heterocycles. The second kappa shape index (κ2) is 6.70. The molecule has 2 unspecified atom stereocenters. The van der Waals surface area contributed by atoms with Gasteiger partial charge < -0.3 is 10.4 Å². The molecule has 3 heteroatoms. The Bertz CT molecular complexity index is 152. The largest absolute Gasteiger partial charge is 0.394 e. The number of aliphatic hydroxyl groups excluding tert-OH is 1. The van der Waals surface area contributed by atoms with Gasteiger partial charge in [-0.25, -0.2) is 0 Å². The maximum absolute atomic E-state index is 9.34. The first-order valence-corrected chi connectivity index (χ1v) is 6.48. The van der Waals surface area contributed by atoms with Crippen LogP contribution in [-0.4, -0.2) is 34.3 Å². The Morgan fingerprint density at radius 2 is 1.93 bits per heavy atom. The topological polar surface area (TPSA) is 32.3 Å². The van der Waals surface area contributed by atoms with Crippen molar-refractivity contribution >= 4 is 11.8 Å². The third-order valence-corrected chi connectivity index (χ3v) is 3.95. The van der Waals surface area contributed by atoms with Crippen molar-refractivity contribution in [3.05, 3.63) is 0 Å². The van der Waals surface area contributed by atoms with E-state index in [9.17, 15) is 5.11 Å². The molecule has 2 N–H and O–H groups in total. The van der Waals surface area contributed by atoms with Gasteiger partial charge in [0.25, 0.3) is 0 Å². The fraction of sp³-hybridized carbons (Fsp3) is 1.00. The van der Waals surface area contributed by atoms with Crippen LogP contribution in [0.3, 0.4) is 0 Å². The van der Waals surface area contributed by atoms with Gasteiger partial charge in [-0.3, -0.25) is 0 Å².